The molecule has 0 radical (unpaired) electrons. The van der Waals surface area contributed by atoms with E-state index in [0.717, 1.165) is 38.5 Å². The van der Waals surface area contributed by atoms with Gasteiger partial charge in [-0.1, -0.05) is 30.3 Å². The van der Waals surface area contributed by atoms with Gasteiger partial charge in [-0.25, -0.2) is 9.59 Å². The molecule has 5 nitrogen and oxygen atoms in total. The van der Waals surface area contributed by atoms with E-state index in [2.05, 4.69) is 17.4 Å². The first-order chi connectivity index (χ1) is 12.1. The van der Waals surface area contributed by atoms with Crippen molar-refractivity contribution in [2.24, 2.45) is 0 Å². The van der Waals surface area contributed by atoms with E-state index in [1.54, 1.807) is 0 Å². The molecule has 0 saturated carbocycles. The highest BCUT2D eigenvalue weighted by Gasteiger charge is 2.45. The lowest BCUT2D eigenvalue weighted by Gasteiger charge is -2.28. The van der Waals surface area contributed by atoms with Crippen LogP contribution in [0.3, 0.4) is 0 Å². The number of unbranched alkanes of at least 4 members (excludes halogenated alkanes) is 1. The first-order valence-electron chi connectivity index (χ1n) is 9.26. The Morgan fingerprint density at radius 2 is 1.96 bits per heavy atom. The fourth-order valence-corrected chi connectivity index (χ4v) is 3.53. The molecule has 1 aliphatic rings. The number of hydrogen-bond acceptors (Lipinski definition) is 3. The molecule has 1 N–H and O–H groups in total. The van der Waals surface area contributed by atoms with Crippen LogP contribution in [0.4, 0.5) is 0 Å². The van der Waals surface area contributed by atoms with Crippen LogP contribution in [0.2, 0.25) is 0 Å². The van der Waals surface area contributed by atoms with Crippen molar-refractivity contribution in [1.82, 2.24) is 5.32 Å². The maximum atomic E-state index is 12.4. The molecule has 0 aliphatic carbocycles. The molecule has 1 fully saturated rings. The highest BCUT2D eigenvalue weighted by atomic mass is 16.2. The summed E-state index contributed by atoms with van der Waals surface area (Å²) in [4.78, 5) is 35.8. The van der Waals surface area contributed by atoms with E-state index in [1.807, 2.05) is 25.1 Å². The molecule has 1 aromatic rings. The molecule has 1 saturated heterocycles. The molecule has 2 rings (SSSR count). The van der Waals surface area contributed by atoms with Gasteiger partial charge in [0.05, 0.1) is 13.0 Å². The van der Waals surface area contributed by atoms with Crippen molar-refractivity contribution in [2.45, 2.75) is 57.9 Å². The zero-order valence-electron chi connectivity index (χ0n) is 15.1. The molecule has 0 spiro atoms. The number of rotatable bonds is 9. The van der Waals surface area contributed by atoms with Gasteiger partial charge in [-0.2, -0.15) is 4.48 Å². The average Bonchev–Trinajstić information content (AvgIpc) is 3.02. The van der Waals surface area contributed by atoms with Crippen LogP contribution in [0.5, 0.6) is 0 Å². The summed E-state index contributed by atoms with van der Waals surface area (Å²) in [6.45, 7) is 3.14. The van der Waals surface area contributed by atoms with Gasteiger partial charge >= 0.3 is 12.3 Å². The van der Waals surface area contributed by atoms with Crippen LogP contribution in [-0.2, 0) is 20.8 Å². The number of likely N-dealkylation sites (tertiary alicyclic amines) is 1. The van der Waals surface area contributed by atoms with Crippen LogP contribution < -0.4 is 5.32 Å². The van der Waals surface area contributed by atoms with Crippen LogP contribution >= 0.6 is 0 Å². The SMILES string of the molecule is C[C@@H]1CCC[N+]1(C=O)C(=O)CCC(=O)NCCCCc1ccccc1. The van der Waals surface area contributed by atoms with Crippen molar-refractivity contribution in [3.05, 3.63) is 35.9 Å². The highest BCUT2D eigenvalue weighted by Crippen LogP contribution is 2.26. The minimum absolute atomic E-state index is 0.0334. The minimum Gasteiger partial charge on any atom is -0.356 e. The van der Waals surface area contributed by atoms with Crippen molar-refractivity contribution >= 4 is 18.2 Å². The summed E-state index contributed by atoms with van der Waals surface area (Å²) in [5, 5.41) is 2.87. The monoisotopic (exact) mass is 345 g/mol. The lowest BCUT2D eigenvalue weighted by molar-refractivity contribution is -0.780. The lowest BCUT2D eigenvalue weighted by atomic mass is 10.1. The van der Waals surface area contributed by atoms with Gasteiger partial charge in [0.1, 0.15) is 6.04 Å². The fourth-order valence-electron chi connectivity index (χ4n) is 3.53. The van der Waals surface area contributed by atoms with Crippen LogP contribution in [0.15, 0.2) is 30.3 Å². The molecule has 1 unspecified atom stereocenters. The quantitative estimate of drug-likeness (QED) is 0.425. The number of nitrogens with one attached hydrogen (secondary N) is 1. The third-order valence-corrected chi connectivity index (χ3v) is 5.21. The predicted molar refractivity (Wildman–Crippen MR) is 96.5 cm³/mol. The van der Waals surface area contributed by atoms with Crippen molar-refractivity contribution in [1.29, 1.82) is 0 Å². The molecule has 3 amide bonds. The lowest BCUT2D eigenvalue weighted by Crippen LogP contribution is -2.54. The van der Waals surface area contributed by atoms with Gasteiger partial charge in [0.25, 0.3) is 0 Å². The van der Waals surface area contributed by atoms with Gasteiger partial charge in [-0.3, -0.25) is 4.79 Å². The first-order valence-corrected chi connectivity index (χ1v) is 9.26. The van der Waals surface area contributed by atoms with Gasteiger partial charge < -0.3 is 5.32 Å². The van der Waals surface area contributed by atoms with Crippen LogP contribution in [0.25, 0.3) is 0 Å². The fraction of sp³-hybridized carbons (Fsp3) is 0.550. The molecular formula is C20H29N2O3+. The Morgan fingerprint density at radius 3 is 2.60 bits per heavy atom. The zero-order chi connectivity index (χ0) is 18.1. The van der Waals surface area contributed by atoms with E-state index in [1.165, 1.54) is 5.56 Å². The minimum atomic E-state index is -0.126. The van der Waals surface area contributed by atoms with E-state index in [-0.39, 0.29) is 35.2 Å². The Labute approximate surface area is 150 Å². The largest absolute Gasteiger partial charge is 0.356 e. The van der Waals surface area contributed by atoms with E-state index in [4.69, 9.17) is 0 Å². The van der Waals surface area contributed by atoms with Crippen molar-refractivity contribution < 1.29 is 18.9 Å². The van der Waals surface area contributed by atoms with Gasteiger partial charge in [0, 0.05) is 25.8 Å². The molecule has 5 heteroatoms. The number of aryl methyl sites for hydroxylation is 1. The summed E-state index contributed by atoms with van der Waals surface area (Å²) in [6.07, 6.45) is 5.79. The molecule has 2 atom stereocenters. The molecule has 1 aliphatic heterocycles. The van der Waals surface area contributed by atoms with E-state index >= 15 is 0 Å². The Kier molecular flexibility index (Phi) is 7.31. The summed E-state index contributed by atoms with van der Waals surface area (Å²) in [5.74, 6) is -0.233. The second-order valence-corrected chi connectivity index (χ2v) is 6.94. The van der Waals surface area contributed by atoms with Gasteiger partial charge in [-0.15, -0.1) is 0 Å². The predicted octanol–water partition coefficient (Wildman–Crippen LogP) is 2.59. The average molecular weight is 345 g/mol. The maximum Gasteiger partial charge on any atom is 0.321 e. The number of carbonyl (C=O) groups is 3. The van der Waals surface area contributed by atoms with E-state index in [9.17, 15) is 14.4 Å². The maximum absolute atomic E-state index is 12.4. The third kappa shape index (κ3) is 5.23. The Hall–Kier alpha value is -2.01. The van der Waals surface area contributed by atoms with Crippen molar-refractivity contribution in [3.63, 3.8) is 0 Å². The molecule has 0 bridgehead atoms. The van der Waals surface area contributed by atoms with Gasteiger partial charge in [-0.05, 0) is 31.7 Å². The van der Waals surface area contributed by atoms with Crippen LogP contribution in [0.1, 0.15) is 51.0 Å². The Morgan fingerprint density at radius 1 is 1.20 bits per heavy atom. The summed E-state index contributed by atoms with van der Waals surface area (Å²) >= 11 is 0. The number of nitrogens with zero attached hydrogens (tertiary/aromatic N) is 1. The number of benzene rings is 1. The summed E-state index contributed by atoms with van der Waals surface area (Å²) in [6, 6.07) is 10.3. The highest BCUT2D eigenvalue weighted by molar-refractivity contribution is 5.83. The summed E-state index contributed by atoms with van der Waals surface area (Å²) < 4.78 is -0.107. The number of carbonyl (C=O) groups excluding carboxylic acids is 3. The van der Waals surface area contributed by atoms with Crippen LogP contribution in [0, 0.1) is 0 Å². The third-order valence-electron chi connectivity index (χ3n) is 5.21. The molecule has 1 heterocycles. The zero-order valence-corrected chi connectivity index (χ0v) is 15.1. The molecular weight excluding hydrogens is 316 g/mol. The number of imide groups is 1. The second kappa shape index (κ2) is 9.47. The first kappa shape index (κ1) is 19.3. The van der Waals surface area contributed by atoms with Crippen LogP contribution in [-0.4, -0.2) is 41.8 Å². The molecule has 136 valence electrons. The normalized spacial score (nSPS) is 22.5. The standard InChI is InChI=1S/C20H28N2O3/c1-17-8-7-15-22(17,16-23)20(25)13-12-19(24)21-14-6-5-11-18-9-3-2-4-10-18/h2-4,9-10,16-17H,5-8,11-15H2,1H3/p+1/t17-,22?/m1/s1. The number of hydrogen-bond donors (Lipinski definition) is 1. The smallest absolute Gasteiger partial charge is 0.321 e. The van der Waals surface area contributed by atoms with Crippen molar-refractivity contribution in [2.75, 3.05) is 13.1 Å². The van der Waals surface area contributed by atoms with E-state index < -0.39 is 0 Å². The van der Waals surface area contributed by atoms with Gasteiger partial charge in [0.2, 0.25) is 5.91 Å². The molecule has 1 aromatic carbocycles. The second-order valence-electron chi connectivity index (χ2n) is 6.94. The number of quaternary nitrogens is 1. The van der Waals surface area contributed by atoms with Gasteiger partial charge in [0.15, 0.2) is 0 Å². The van der Waals surface area contributed by atoms with Crippen molar-refractivity contribution in [3.8, 4) is 0 Å². The summed E-state index contributed by atoms with van der Waals surface area (Å²) in [7, 11) is 0. The topological polar surface area (TPSA) is 63.2 Å². The Bertz CT molecular complexity index is 588. The van der Waals surface area contributed by atoms with E-state index in [0.29, 0.717) is 13.1 Å². The Balaban J connectivity index is 1.62. The summed E-state index contributed by atoms with van der Waals surface area (Å²) in [5.41, 5.74) is 1.31. The number of amides is 3. The molecule has 25 heavy (non-hydrogen) atoms. The molecule has 0 aromatic heterocycles.